The molecule has 0 N–H and O–H groups in total. The van der Waals surface area contributed by atoms with E-state index >= 15 is 0 Å². The molecule has 0 saturated carbocycles. The molecule has 0 fully saturated rings. The van der Waals surface area contributed by atoms with Crippen LogP contribution >= 0.6 is 11.8 Å². The van der Waals surface area contributed by atoms with E-state index in [4.69, 9.17) is 24.1 Å². The van der Waals surface area contributed by atoms with Crippen LogP contribution in [0.25, 0.3) is 78.0 Å². The van der Waals surface area contributed by atoms with Crippen molar-refractivity contribution in [3.05, 3.63) is 170 Å². The molecule has 2 bridgehead atoms. The summed E-state index contributed by atoms with van der Waals surface area (Å²) < 4.78 is 12.9. The summed E-state index contributed by atoms with van der Waals surface area (Å²) in [6.07, 6.45) is 0. The molecule has 0 atom stereocenters. The lowest BCUT2D eigenvalue weighted by molar-refractivity contribution is 0.456. The molecule has 10 aromatic rings. The molecule has 4 heterocycles. The molecule has 2 aliphatic rings. The number of ether oxygens (including phenoxy) is 1. The predicted octanol–water partition coefficient (Wildman–Crippen LogP) is 13.6. The van der Waals surface area contributed by atoms with Gasteiger partial charge < -0.3 is 14.1 Å². The van der Waals surface area contributed by atoms with Crippen LogP contribution in [-0.2, 0) is 0 Å². The van der Waals surface area contributed by atoms with Gasteiger partial charge in [-0.2, -0.15) is 0 Å². The summed E-state index contributed by atoms with van der Waals surface area (Å²) in [7, 11) is 0. The van der Waals surface area contributed by atoms with Crippen molar-refractivity contribution in [3.8, 4) is 56.8 Å². The zero-order valence-electron chi connectivity index (χ0n) is 29.7. The summed E-state index contributed by atoms with van der Waals surface area (Å²) in [6.45, 7) is 0. The Labute approximate surface area is 325 Å². The Bertz CT molecular complexity index is 3220. The lowest BCUT2D eigenvalue weighted by Crippen LogP contribution is -2.12. The number of hydrogen-bond acceptors (Lipinski definition) is 7. The molecular weight excluding hydrogens is 709 g/mol. The van der Waals surface area contributed by atoms with Crippen LogP contribution < -0.4 is 9.64 Å². The van der Waals surface area contributed by atoms with Crippen LogP contribution in [0, 0.1) is 0 Å². The van der Waals surface area contributed by atoms with E-state index in [9.17, 15) is 0 Å². The molecule has 0 aliphatic carbocycles. The lowest BCUT2D eigenvalue weighted by Gasteiger charge is -2.30. The molecule has 2 aliphatic heterocycles. The fourth-order valence-corrected chi connectivity index (χ4v) is 9.34. The quantitative estimate of drug-likeness (QED) is 0.178. The third-order valence-corrected chi connectivity index (χ3v) is 11.9. The summed E-state index contributed by atoms with van der Waals surface area (Å²) in [5.74, 6) is 3.49. The van der Waals surface area contributed by atoms with E-state index in [1.807, 2.05) is 60.7 Å². The highest BCUT2D eigenvalue weighted by Gasteiger charge is 2.31. The van der Waals surface area contributed by atoms with Crippen molar-refractivity contribution in [2.24, 2.45) is 0 Å². The van der Waals surface area contributed by atoms with Gasteiger partial charge in [-0.25, -0.2) is 15.0 Å². The van der Waals surface area contributed by atoms with Gasteiger partial charge in [-0.3, -0.25) is 0 Å². The summed E-state index contributed by atoms with van der Waals surface area (Å²) in [5, 5.41) is 4.29. The van der Waals surface area contributed by atoms with Crippen LogP contribution in [0.3, 0.4) is 0 Å². The number of nitrogens with zero attached hydrogens (tertiary/aromatic N) is 4. The van der Waals surface area contributed by atoms with Crippen molar-refractivity contribution in [3.63, 3.8) is 0 Å². The maximum absolute atomic E-state index is 6.70. The molecular formula is C49H28N4O2S. The van der Waals surface area contributed by atoms with Crippen molar-refractivity contribution in [2.75, 3.05) is 4.90 Å². The van der Waals surface area contributed by atoms with Gasteiger partial charge in [-0.1, -0.05) is 109 Å². The summed E-state index contributed by atoms with van der Waals surface area (Å²) in [5.41, 5.74) is 9.74. The van der Waals surface area contributed by atoms with Crippen LogP contribution in [0.5, 0.6) is 11.5 Å². The summed E-state index contributed by atoms with van der Waals surface area (Å²) in [6, 6.07) is 58.6. The smallest absolute Gasteiger partial charge is 0.164 e. The lowest BCUT2D eigenvalue weighted by atomic mass is 9.93. The number of para-hydroxylation sites is 3. The van der Waals surface area contributed by atoms with Gasteiger partial charge in [0.25, 0.3) is 0 Å². The Balaban J connectivity index is 1.13. The van der Waals surface area contributed by atoms with Crippen LogP contribution in [0.15, 0.2) is 184 Å². The van der Waals surface area contributed by atoms with Gasteiger partial charge in [-0.05, 0) is 83.7 Å². The van der Waals surface area contributed by atoms with Gasteiger partial charge in [-0.15, -0.1) is 0 Å². The van der Waals surface area contributed by atoms with Crippen LogP contribution in [-0.4, -0.2) is 15.0 Å². The largest absolute Gasteiger partial charge is 0.456 e. The molecule has 0 saturated heterocycles. The molecule has 0 radical (unpaired) electrons. The van der Waals surface area contributed by atoms with Crippen LogP contribution in [0.2, 0.25) is 0 Å². The van der Waals surface area contributed by atoms with E-state index in [1.165, 1.54) is 0 Å². The van der Waals surface area contributed by atoms with Crippen LogP contribution in [0.1, 0.15) is 0 Å². The topological polar surface area (TPSA) is 64.3 Å². The minimum atomic E-state index is 0.591. The second-order valence-corrected chi connectivity index (χ2v) is 15.0. The second-order valence-electron chi connectivity index (χ2n) is 14.0. The van der Waals surface area contributed by atoms with Crippen molar-refractivity contribution in [1.82, 2.24) is 15.0 Å². The number of benzene rings is 8. The average molecular weight is 737 g/mol. The number of aromatic nitrogens is 3. The van der Waals surface area contributed by atoms with E-state index in [-0.39, 0.29) is 0 Å². The zero-order chi connectivity index (χ0) is 36.7. The number of hydrogen-bond donors (Lipinski definition) is 0. The molecule has 0 spiro atoms. The molecule has 0 amide bonds. The Morgan fingerprint density at radius 1 is 0.446 bits per heavy atom. The highest BCUT2D eigenvalue weighted by molar-refractivity contribution is 8.00. The monoisotopic (exact) mass is 736 g/mol. The van der Waals surface area contributed by atoms with Gasteiger partial charge in [0.05, 0.1) is 21.2 Å². The molecule has 262 valence electrons. The Kier molecular flexibility index (Phi) is 6.76. The van der Waals surface area contributed by atoms with Gasteiger partial charge in [0.1, 0.15) is 22.7 Å². The van der Waals surface area contributed by atoms with Crippen molar-refractivity contribution in [1.29, 1.82) is 0 Å². The Hall–Kier alpha value is -7.22. The van der Waals surface area contributed by atoms with Crippen LogP contribution in [0.4, 0.5) is 17.1 Å². The predicted molar refractivity (Wildman–Crippen MR) is 225 cm³/mol. The summed E-state index contributed by atoms with van der Waals surface area (Å²) >= 11 is 1.77. The maximum atomic E-state index is 6.70. The third kappa shape index (κ3) is 4.81. The normalized spacial score (nSPS) is 12.7. The fourth-order valence-electron chi connectivity index (χ4n) is 8.12. The minimum Gasteiger partial charge on any atom is -0.456 e. The molecule has 0 unspecified atom stereocenters. The highest BCUT2D eigenvalue weighted by Crippen LogP contribution is 2.58. The van der Waals surface area contributed by atoms with Gasteiger partial charge in [0.15, 0.2) is 17.5 Å². The molecule has 6 nitrogen and oxygen atoms in total. The van der Waals surface area contributed by atoms with Gasteiger partial charge in [0.2, 0.25) is 0 Å². The second kappa shape index (κ2) is 12.1. The molecule has 2 aromatic heterocycles. The fraction of sp³-hybridized carbons (Fsp3) is 0. The standard InChI is InChI=1S/C49H28N4O2S/c1-3-12-29(13-4-1)47-50-48(31-23-24-41-36(27-31)35-17-8-10-20-40(35)54-41)52-49(51-47)32-26-30-22-25-43-46-44(30)37(28-32)34-16-7-9-18-38(34)53(33-14-5-2-6-15-33)39-19-11-21-42(55-43)45(39)56-46/h1-28H. The SMILES string of the molecule is c1ccc(-c2nc(-c3cc4c5c6c(ccc5c3)Oc3cccc(c3S6)N(c3ccccc3)c3ccccc3-4)nc(-c3ccc4oc5ccccc5c4c3)n2)cc1. The first-order chi connectivity index (χ1) is 27.7. The average Bonchev–Trinajstić information content (AvgIpc) is 3.66. The van der Waals surface area contributed by atoms with Crippen molar-refractivity contribution >= 4 is 61.5 Å². The zero-order valence-corrected chi connectivity index (χ0v) is 30.5. The molecule has 56 heavy (non-hydrogen) atoms. The number of furan rings is 1. The Morgan fingerprint density at radius 2 is 1.14 bits per heavy atom. The minimum absolute atomic E-state index is 0.591. The van der Waals surface area contributed by atoms with E-state index in [0.29, 0.717) is 17.5 Å². The van der Waals surface area contributed by atoms with E-state index in [0.717, 1.165) is 98.9 Å². The summed E-state index contributed by atoms with van der Waals surface area (Å²) in [4.78, 5) is 20.0. The molecule has 7 heteroatoms. The van der Waals surface area contributed by atoms with E-state index in [2.05, 4.69) is 114 Å². The molecule has 8 aromatic carbocycles. The molecule has 12 rings (SSSR count). The van der Waals surface area contributed by atoms with E-state index in [1.54, 1.807) is 11.8 Å². The van der Waals surface area contributed by atoms with E-state index < -0.39 is 0 Å². The number of fused-ring (bicyclic) bond motifs is 5. The Morgan fingerprint density at radius 3 is 2.02 bits per heavy atom. The van der Waals surface area contributed by atoms with Crippen molar-refractivity contribution in [2.45, 2.75) is 9.79 Å². The first-order valence-corrected chi connectivity index (χ1v) is 19.3. The van der Waals surface area contributed by atoms with Crippen molar-refractivity contribution < 1.29 is 9.15 Å². The highest BCUT2D eigenvalue weighted by atomic mass is 32.2. The number of anilines is 3. The van der Waals surface area contributed by atoms with Gasteiger partial charge in [0, 0.05) is 44.1 Å². The number of rotatable bonds is 4. The first-order valence-electron chi connectivity index (χ1n) is 18.5. The maximum Gasteiger partial charge on any atom is 0.164 e. The first kappa shape index (κ1) is 31.2. The third-order valence-electron chi connectivity index (χ3n) is 10.7. The van der Waals surface area contributed by atoms with Gasteiger partial charge >= 0.3 is 0 Å².